The van der Waals surface area contributed by atoms with Crippen LogP contribution < -0.4 is 4.74 Å². The number of piperidine rings is 1. The predicted molar refractivity (Wildman–Crippen MR) is 95.8 cm³/mol. The number of ketones is 1. The van der Waals surface area contributed by atoms with Crippen LogP contribution in [0.4, 0.5) is 0 Å². The number of rotatable bonds is 2. The molecule has 0 radical (unpaired) electrons. The summed E-state index contributed by atoms with van der Waals surface area (Å²) in [6, 6.07) is 1.61. The molecule has 3 aliphatic carbocycles. The number of carbonyl (C=O) groups excluding carboxylic acids is 1. The van der Waals surface area contributed by atoms with Crippen LogP contribution in [0.3, 0.4) is 0 Å². The first-order valence-electron chi connectivity index (χ1n) is 10.1. The molecule has 2 bridgehead atoms. The summed E-state index contributed by atoms with van der Waals surface area (Å²) in [6.45, 7) is 1.96. The largest absolute Gasteiger partial charge is 0.504 e. The number of benzene rings is 1. The monoisotopic (exact) mass is 372 g/mol. The van der Waals surface area contributed by atoms with Crippen LogP contribution in [-0.2, 0) is 16.6 Å². The molecule has 6 heteroatoms. The summed E-state index contributed by atoms with van der Waals surface area (Å²) in [5, 5.41) is 32.8. The van der Waals surface area contributed by atoms with Gasteiger partial charge in [-0.3, -0.25) is 4.79 Å². The maximum Gasteiger partial charge on any atom is 0.200 e. The highest BCUT2D eigenvalue weighted by atomic mass is 16.5. The summed E-state index contributed by atoms with van der Waals surface area (Å²) >= 11 is 0. The molecule has 1 aromatic rings. The van der Waals surface area contributed by atoms with Crippen molar-refractivity contribution in [2.24, 2.45) is 5.92 Å². The number of phenols is 2. The number of phenolic OH excluding ortho intramolecular Hbond substituents is 2. The minimum absolute atomic E-state index is 0.000314. The van der Waals surface area contributed by atoms with Gasteiger partial charge >= 0.3 is 0 Å². The summed E-state index contributed by atoms with van der Waals surface area (Å²) in [5.41, 5.74) is -0.100. The summed E-state index contributed by atoms with van der Waals surface area (Å²) in [4.78, 5) is 12.8. The molecular formula is C21H26NO5+. The number of carbonyl (C=O) groups is 1. The van der Waals surface area contributed by atoms with E-state index < -0.39 is 17.1 Å². The topological polar surface area (TPSA) is 87.0 Å². The summed E-state index contributed by atoms with van der Waals surface area (Å²) < 4.78 is 6.82. The predicted octanol–water partition coefficient (Wildman–Crippen LogP) is 1.38. The first-order chi connectivity index (χ1) is 12.8. The van der Waals surface area contributed by atoms with Gasteiger partial charge in [0.1, 0.15) is 11.6 Å². The molecule has 1 saturated heterocycles. The number of aliphatic hydroxyl groups is 1. The van der Waals surface area contributed by atoms with Crippen LogP contribution in [0, 0.1) is 5.92 Å². The van der Waals surface area contributed by atoms with Crippen LogP contribution in [0.2, 0.25) is 0 Å². The van der Waals surface area contributed by atoms with E-state index in [4.69, 9.17) is 4.74 Å². The molecule has 0 aromatic heterocycles. The van der Waals surface area contributed by atoms with E-state index in [9.17, 15) is 20.1 Å². The fraction of sp³-hybridized carbons (Fsp3) is 0.667. The Labute approximate surface area is 158 Å². The molecule has 2 aliphatic heterocycles. The highest BCUT2D eigenvalue weighted by Gasteiger charge is 2.76. The van der Waals surface area contributed by atoms with E-state index in [2.05, 4.69) is 7.05 Å². The fourth-order valence-corrected chi connectivity index (χ4v) is 7.00. The van der Waals surface area contributed by atoms with Gasteiger partial charge in [0, 0.05) is 30.7 Å². The van der Waals surface area contributed by atoms with Crippen molar-refractivity contribution in [2.45, 2.75) is 61.7 Å². The van der Waals surface area contributed by atoms with E-state index in [1.807, 2.05) is 0 Å². The zero-order chi connectivity index (χ0) is 18.8. The maximum absolute atomic E-state index is 12.8. The van der Waals surface area contributed by atoms with Gasteiger partial charge in [0.25, 0.3) is 0 Å². The average Bonchev–Trinajstić information content (AvgIpc) is 3.34. The molecule has 5 atom stereocenters. The zero-order valence-electron chi connectivity index (χ0n) is 15.6. The van der Waals surface area contributed by atoms with Crippen molar-refractivity contribution in [3.8, 4) is 17.2 Å². The molecule has 6 nitrogen and oxygen atoms in total. The van der Waals surface area contributed by atoms with Gasteiger partial charge in [-0.05, 0) is 30.9 Å². The Balaban J connectivity index is 1.62. The van der Waals surface area contributed by atoms with Crippen molar-refractivity contribution in [1.29, 1.82) is 0 Å². The molecular weight excluding hydrogens is 346 g/mol. The summed E-state index contributed by atoms with van der Waals surface area (Å²) in [5.74, 6) is 0.455. The van der Waals surface area contributed by atoms with E-state index in [0.717, 1.165) is 34.6 Å². The normalized spacial score (nSPS) is 44.0. The zero-order valence-corrected chi connectivity index (χ0v) is 15.6. The van der Waals surface area contributed by atoms with Crippen LogP contribution >= 0.6 is 0 Å². The lowest BCUT2D eigenvalue weighted by atomic mass is 9.48. The van der Waals surface area contributed by atoms with Crippen molar-refractivity contribution in [2.75, 3.05) is 20.1 Å². The van der Waals surface area contributed by atoms with Crippen LogP contribution in [-0.4, -0.2) is 63.5 Å². The molecule has 27 heavy (non-hydrogen) atoms. The van der Waals surface area contributed by atoms with E-state index >= 15 is 0 Å². The van der Waals surface area contributed by atoms with E-state index in [0.29, 0.717) is 25.7 Å². The number of Topliss-reactive ketones (excluding diaryl/α,β-unsaturated/α-hetero) is 1. The minimum atomic E-state index is -1.02. The van der Waals surface area contributed by atoms with E-state index in [-0.39, 0.29) is 29.1 Å². The third-order valence-electron chi connectivity index (χ3n) is 8.37. The molecule has 5 aliphatic rings. The number of hydrogen-bond donors (Lipinski definition) is 3. The smallest absolute Gasteiger partial charge is 0.200 e. The minimum Gasteiger partial charge on any atom is -0.504 e. The second-order valence-corrected chi connectivity index (χ2v) is 9.77. The van der Waals surface area contributed by atoms with Gasteiger partial charge in [-0.15, -0.1) is 0 Å². The third kappa shape index (κ3) is 1.68. The molecule has 3 N–H and O–H groups in total. The number of likely N-dealkylation sites (tertiary alicyclic amines) is 1. The highest BCUT2D eigenvalue weighted by molar-refractivity contribution is 5.90. The van der Waals surface area contributed by atoms with Crippen molar-refractivity contribution >= 4 is 5.78 Å². The Hall–Kier alpha value is -1.79. The van der Waals surface area contributed by atoms with Crippen LogP contribution in [0.25, 0.3) is 0 Å². The third-order valence-corrected chi connectivity index (χ3v) is 8.37. The first kappa shape index (κ1) is 16.2. The molecule has 2 saturated carbocycles. The second kappa shape index (κ2) is 4.61. The molecule has 0 unspecified atom stereocenters. The lowest BCUT2D eigenvalue weighted by Crippen LogP contribution is -2.80. The Kier molecular flexibility index (Phi) is 2.76. The Morgan fingerprint density at radius 3 is 2.81 bits per heavy atom. The van der Waals surface area contributed by atoms with Crippen LogP contribution in [0.5, 0.6) is 17.2 Å². The summed E-state index contributed by atoms with van der Waals surface area (Å²) in [6.07, 6.45) is 3.85. The van der Waals surface area contributed by atoms with Crippen molar-refractivity contribution in [3.63, 3.8) is 0 Å². The molecule has 144 valence electrons. The first-order valence-corrected chi connectivity index (χ1v) is 10.1. The molecule has 6 rings (SSSR count). The Morgan fingerprint density at radius 1 is 1.30 bits per heavy atom. The number of hydrogen-bond acceptors (Lipinski definition) is 5. The van der Waals surface area contributed by atoms with Gasteiger partial charge in [0.2, 0.25) is 5.75 Å². The van der Waals surface area contributed by atoms with Gasteiger partial charge in [0.15, 0.2) is 23.4 Å². The van der Waals surface area contributed by atoms with Crippen molar-refractivity contribution in [1.82, 2.24) is 0 Å². The quantitative estimate of drug-likeness (QED) is 0.539. The van der Waals surface area contributed by atoms with Crippen molar-refractivity contribution < 1.29 is 29.3 Å². The van der Waals surface area contributed by atoms with E-state index in [1.54, 1.807) is 6.07 Å². The van der Waals surface area contributed by atoms with Gasteiger partial charge in [-0.1, -0.05) is 0 Å². The number of likely N-dealkylation sites (N-methyl/N-ethyl adjacent to an activating group) is 1. The maximum atomic E-state index is 12.8. The molecule has 0 amide bonds. The molecule has 2 heterocycles. The lowest BCUT2D eigenvalue weighted by Gasteiger charge is -2.64. The highest BCUT2D eigenvalue weighted by Crippen LogP contribution is 2.66. The van der Waals surface area contributed by atoms with E-state index in [1.165, 1.54) is 12.8 Å². The van der Waals surface area contributed by atoms with Gasteiger partial charge < -0.3 is 24.5 Å². The number of ether oxygens (including phenoxy) is 1. The van der Waals surface area contributed by atoms with Gasteiger partial charge in [-0.2, -0.15) is 0 Å². The van der Waals surface area contributed by atoms with Crippen molar-refractivity contribution in [3.05, 3.63) is 17.2 Å². The molecule has 3 fully saturated rings. The summed E-state index contributed by atoms with van der Waals surface area (Å²) in [7, 11) is 2.25. The van der Waals surface area contributed by atoms with Gasteiger partial charge in [0.05, 0.1) is 25.6 Å². The number of quaternary nitrogens is 1. The molecule has 1 aromatic carbocycles. The lowest BCUT2D eigenvalue weighted by molar-refractivity contribution is -0.950. The Morgan fingerprint density at radius 2 is 2.07 bits per heavy atom. The molecule has 1 spiro atoms. The fourth-order valence-electron chi connectivity index (χ4n) is 7.00. The SMILES string of the molecule is C[N@+]1(CC2CC2)CC[C@]23c4c5cc(O)c(O)c4O[C@H]2C(=O)CC[C@@]3(O)[C@H]1C5. The standard InChI is InChI=1S/C21H25NO5/c1-22(10-11-2-3-11)7-6-20-16-12-8-14(24)17(25)18(16)27-19(20)13(23)4-5-21(20,26)15(22)9-12/h8,11,15,19,26H,2-7,9-10H2,1H3,(H-,24,25)/p+1/t15-,19+,20+,21-,22-/m1/s1. The number of aromatic hydroxyl groups is 2. The Bertz CT molecular complexity index is 895. The average molecular weight is 372 g/mol. The van der Waals surface area contributed by atoms with Crippen LogP contribution in [0.1, 0.15) is 43.2 Å². The van der Waals surface area contributed by atoms with Gasteiger partial charge in [-0.25, -0.2) is 0 Å². The number of nitrogens with zero attached hydrogens (tertiary/aromatic N) is 1. The second-order valence-electron chi connectivity index (χ2n) is 9.77. The van der Waals surface area contributed by atoms with Crippen LogP contribution in [0.15, 0.2) is 6.07 Å².